The molecule has 0 atom stereocenters. The molecule has 0 aliphatic rings. The Morgan fingerprint density at radius 1 is 1.12 bits per heavy atom. The van der Waals surface area contributed by atoms with E-state index < -0.39 is 5.97 Å². The van der Waals surface area contributed by atoms with Crippen LogP contribution in [-0.4, -0.2) is 21.0 Å². The van der Waals surface area contributed by atoms with Gasteiger partial charge in [-0.05, 0) is 60.8 Å². The quantitative estimate of drug-likeness (QED) is 0.636. The molecule has 3 rings (SSSR count). The van der Waals surface area contributed by atoms with Crippen molar-refractivity contribution >= 4 is 29.1 Å². The van der Waals surface area contributed by atoms with Crippen molar-refractivity contribution in [1.29, 1.82) is 0 Å². The molecule has 0 fully saturated rings. The van der Waals surface area contributed by atoms with Crippen LogP contribution >= 0.6 is 11.6 Å². The molecule has 0 spiro atoms. The van der Waals surface area contributed by atoms with Crippen LogP contribution in [-0.2, 0) is 12.8 Å². The lowest BCUT2D eigenvalue weighted by atomic mass is 10.1. The van der Waals surface area contributed by atoms with Gasteiger partial charge >= 0.3 is 5.97 Å². The van der Waals surface area contributed by atoms with Gasteiger partial charge in [-0.3, -0.25) is 0 Å². The number of aromatic nitrogens is 2. The maximum absolute atomic E-state index is 11.0. The highest BCUT2D eigenvalue weighted by molar-refractivity contribution is 6.28. The number of aromatic carboxylic acids is 1. The second kappa shape index (κ2) is 7.58. The summed E-state index contributed by atoms with van der Waals surface area (Å²) in [4.78, 5) is 20.2. The molecule has 0 amide bonds. The topological polar surface area (TPSA) is 88.3 Å². The molecule has 0 aliphatic heterocycles. The minimum atomic E-state index is -0.960. The molecule has 134 valence electrons. The first-order valence-corrected chi connectivity index (χ1v) is 8.65. The Balaban J connectivity index is 2.02. The van der Waals surface area contributed by atoms with Crippen LogP contribution in [0.3, 0.4) is 0 Å². The van der Waals surface area contributed by atoms with E-state index in [9.17, 15) is 4.79 Å². The lowest BCUT2D eigenvalue weighted by molar-refractivity contribution is 0.0697. The lowest BCUT2D eigenvalue weighted by Gasteiger charge is -2.14. The zero-order chi connectivity index (χ0) is 18.7. The Morgan fingerprint density at radius 2 is 1.85 bits per heavy atom. The maximum Gasteiger partial charge on any atom is 0.335 e. The standard InChI is InChI=1S/C19H18ClN3O3/c1-3-13-14(4-2)22-18(15-9-10-16(20)26-15)23-17(13)21-12-7-5-11(6-8-12)19(24)25/h5-10H,3-4H2,1-2H3,(H,24,25)(H,21,22,23). The number of nitrogens with zero attached hydrogens (tertiary/aromatic N) is 2. The molecule has 0 radical (unpaired) electrons. The van der Waals surface area contributed by atoms with Gasteiger partial charge in [0, 0.05) is 16.9 Å². The van der Waals surface area contributed by atoms with Crippen molar-refractivity contribution in [3.63, 3.8) is 0 Å². The molecule has 0 bridgehead atoms. The molecule has 6 nitrogen and oxygen atoms in total. The second-order valence-electron chi connectivity index (χ2n) is 5.64. The molecule has 0 unspecified atom stereocenters. The van der Waals surface area contributed by atoms with E-state index in [1.165, 1.54) is 0 Å². The maximum atomic E-state index is 11.0. The molecule has 0 saturated heterocycles. The molecular formula is C19H18ClN3O3. The van der Waals surface area contributed by atoms with Crippen LogP contribution in [0, 0.1) is 0 Å². The summed E-state index contributed by atoms with van der Waals surface area (Å²) >= 11 is 5.87. The molecule has 2 aromatic heterocycles. The largest absolute Gasteiger partial charge is 0.478 e. The summed E-state index contributed by atoms with van der Waals surface area (Å²) in [5.41, 5.74) is 2.91. The summed E-state index contributed by atoms with van der Waals surface area (Å²) in [5.74, 6) is 0.662. The second-order valence-corrected chi connectivity index (χ2v) is 6.01. The fourth-order valence-electron chi connectivity index (χ4n) is 2.68. The van der Waals surface area contributed by atoms with E-state index in [1.807, 2.05) is 13.8 Å². The van der Waals surface area contributed by atoms with Crippen molar-refractivity contribution in [2.75, 3.05) is 5.32 Å². The average Bonchev–Trinajstić information content (AvgIpc) is 3.08. The molecule has 7 heteroatoms. The van der Waals surface area contributed by atoms with Crippen LogP contribution in [0.2, 0.25) is 5.22 Å². The van der Waals surface area contributed by atoms with Gasteiger partial charge in [0.15, 0.2) is 16.8 Å². The predicted molar refractivity (Wildman–Crippen MR) is 100 cm³/mol. The number of aryl methyl sites for hydroxylation is 1. The zero-order valence-corrected chi connectivity index (χ0v) is 15.2. The third-order valence-electron chi connectivity index (χ3n) is 3.97. The molecule has 1 aromatic carbocycles. The van der Waals surface area contributed by atoms with Gasteiger partial charge in [-0.1, -0.05) is 13.8 Å². The normalized spacial score (nSPS) is 10.7. The third kappa shape index (κ3) is 3.70. The highest BCUT2D eigenvalue weighted by Crippen LogP contribution is 2.28. The first-order valence-electron chi connectivity index (χ1n) is 8.27. The lowest BCUT2D eigenvalue weighted by Crippen LogP contribution is -2.07. The molecule has 2 N–H and O–H groups in total. The van der Waals surface area contributed by atoms with Crippen LogP contribution in [0.5, 0.6) is 0 Å². The molecule has 3 aromatic rings. The molecular weight excluding hydrogens is 354 g/mol. The minimum absolute atomic E-state index is 0.231. The zero-order valence-electron chi connectivity index (χ0n) is 14.4. The van der Waals surface area contributed by atoms with Gasteiger partial charge < -0.3 is 14.8 Å². The van der Waals surface area contributed by atoms with E-state index in [1.54, 1.807) is 36.4 Å². The summed E-state index contributed by atoms with van der Waals surface area (Å²) in [6, 6.07) is 9.89. The summed E-state index contributed by atoms with van der Waals surface area (Å²) in [5, 5.41) is 12.6. The number of carboxylic acid groups (broad SMARTS) is 1. The molecule has 0 saturated carbocycles. The van der Waals surface area contributed by atoms with E-state index in [-0.39, 0.29) is 10.8 Å². The molecule has 26 heavy (non-hydrogen) atoms. The van der Waals surface area contributed by atoms with Gasteiger partial charge in [0.2, 0.25) is 0 Å². The number of halogens is 1. The average molecular weight is 372 g/mol. The van der Waals surface area contributed by atoms with Crippen LogP contribution in [0.4, 0.5) is 11.5 Å². The number of nitrogens with one attached hydrogen (secondary N) is 1. The minimum Gasteiger partial charge on any atom is -0.478 e. The van der Waals surface area contributed by atoms with Crippen LogP contribution in [0.1, 0.15) is 35.5 Å². The van der Waals surface area contributed by atoms with E-state index in [4.69, 9.17) is 21.1 Å². The van der Waals surface area contributed by atoms with Gasteiger partial charge in [0.1, 0.15) is 5.82 Å². The highest BCUT2D eigenvalue weighted by Gasteiger charge is 2.16. The van der Waals surface area contributed by atoms with Crippen LogP contribution in [0.15, 0.2) is 40.8 Å². The number of carbonyl (C=O) groups is 1. The summed E-state index contributed by atoms with van der Waals surface area (Å²) < 4.78 is 5.44. The number of furan rings is 1. The SMILES string of the molecule is CCc1nc(-c2ccc(Cl)o2)nc(Nc2ccc(C(=O)O)cc2)c1CC. The van der Waals surface area contributed by atoms with Crippen LogP contribution in [0.25, 0.3) is 11.6 Å². The number of benzene rings is 1. The Bertz CT molecular complexity index is 936. The third-order valence-corrected chi connectivity index (χ3v) is 4.17. The van der Waals surface area contributed by atoms with Crippen molar-refractivity contribution < 1.29 is 14.3 Å². The highest BCUT2D eigenvalue weighted by atomic mass is 35.5. The van der Waals surface area contributed by atoms with Crippen molar-refractivity contribution in [2.45, 2.75) is 26.7 Å². The first-order chi connectivity index (χ1) is 12.5. The summed E-state index contributed by atoms with van der Waals surface area (Å²) in [6.45, 7) is 4.08. The van der Waals surface area contributed by atoms with Crippen molar-refractivity contribution in [1.82, 2.24) is 9.97 Å². The number of anilines is 2. The van der Waals surface area contributed by atoms with E-state index in [2.05, 4.69) is 15.3 Å². The van der Waals surface area contributed by atoms with Crippen molar-refractivity contribution in [3.8, 4) is 11.6 Å². The van der Waals surface area contributed by atoms with Crippen molar-refractivity contribution in [2.24, 2.45) is 0 Å². The molecule has 2 heterocycles. The Morgan fingerprint density at radius 3 is 2.38 bits per heavy atom. The predicted octanol–water partition coefficient (Wildman–Crippen LogP) is 4.96. The van der Waals surface area contributed by atoms with Gasteiger partial charge in [-0.2, -0.15) is 0 Å². The van der Waals surface area contributed by atoms with Gasteiger partial charge in [-0.15, -0.1) is 0 Å². The first kappa shape index (κ1) is 17.9. The van der Waals surface area contributed by atoms with E-state index in [0.717, 1.165) is 29.8 Å². The van der Waals surface area contributed by atoms with Gasteiger partial charge in [-0.25, -0.2) is 14.8 Å². The Kier molecular flexibility index (Phi) is 5.23. The van der Waals surface area contributed by atoms with Gasteiger partial charge in [0.05, 0.1) is 5.56 Å². The van der Waals surface area contributed by atoms with E-state index in [0.29, 0.717) is 17.4 Å². The summed E-state index contributed by atoms with van der Waals surface area (Å²) in [6.07, 6.45) is 1.51. The monoisotopic (exact) mass is 371 g/mol. The Hall–Kier alpha value is -2.86. The number of hydrogen-bond donors (Lipinski definition) is 2. The smallest absolute Gasteiger partial charge is 0.335 e. The Labute approximate surface area is 155 Å². The number of carboxylic acids is 1. The van der Waals surface area contributed by atoms with E-state index >= 15 is 0 Å². The van der Waals surface area contributed by atoms with Crippen LogP contribution < -0.4 is 5.32 Å². The fourth-order valence-corrected chi connectivity index (χ4v) is 2.82. The number of rotatable bonds is 6. The van der Waals surface area contributed by atoms with Crippen molar-refractivity contribution in [3.05, 3.63) is 58.4 Å². The summed E-state index contributed by atoms with van der Waals surface area (Å²) in [7, 11) is 0. The fraction of sp³-hybridized carbons (Fsp3) is 0.211. The van der Waals surface area contributed by atoms with Gasteiger partial charge in [0.25, 0.3) is 0 Å². The number of hydrogen-bond acceptors (Lipinski definition) is 5. The molecule has 0 aliphatic carbocycles.